The van der Waals surface area contributed by atoms with Crippen LogP contribution in [0.2, 0.25) is 0 Å². The van der Waals surface area contributed by atoms with E-state index in [1.54, 1.807) is 0 Å². The minimum atomic E-state index is -2.92. The van der Waals surface area contributed by atoms with Gasteiger partial charge in [-0.05, 0) is 5.56 Å². The van der Waals surface area contributed by atoms with Crippen LogP contribution < -0.4 is 169 Å². The van der Waals surface area contributed by atoms with Crippen LogP contribution in [-0.2, 0) is 0 Å². The van der Waals surface area contributed by atoms with Gasteiger partial charge in [-0.25, -0.2) is 0 Å². The number of hydrogen-bond donors (Lipinski definition) is 0. The van der Waals surface area contributed by atoms with Crippen LogP contribution in [0.25, 0.3) is 6.08 Å². The molecule has 0 saturated heterocycles. The molecule has 0 unspecified atom stereocenters. The summed E-state index contributed by atoms with van der Waals surface area (Å²) in [4.78, 5) is 0. The first kappa shape index (κ1) is 27.2. The van der Waals surface area contributed by atoms with Crippen LogP contribution in [0.1, 0.15) is 5.56 Å². The second-order valence-electron chi connectivity index (χ2n) is 1.90. The van der Waals surface area contributed by atoms with Crippen molar-refractivity contribution >= 4 is 13.4 Å². The van der Waals surface area contributed by atoms with Crippen molar-refractivity contribution in [2.24, 2.45) is 0 Å². The molecule has 1 rings (SSSR count). The van der Waals surface area contributed by atoms with Gasteiger partial charge in [0.25, 0.3) is 0 Å². The molecule has 64 valence electrons. The average molecular weight is 280 g/mol. The van der Waals surface area contributed by atoms with Crippen molar-refractivity contribution in [2.45, 2.75) is 0 Å². The van der Waals surface area contributed by atoms with E-state index in [0.717, 1.165) is 0 Å². The predicted molar refractivity (Wildman–Crippen MR) is 42.3 cm³/mol. The smallest absolute Gasteiger partial charge is 0.907 e. The molecule has 0 spiro atoms. The molecule has 0 aliphatic carbocycles. The molecule has 1 aromatic rings. The van der Waals surface area contributed by atoms with Gasteiger partial charge in [0.05, 0.1) is 0 Å². The molecular formula is C8H8BK3O3. The summed E-state index contributed by atoms with van der Waals surface area (Å²) < 4.78 is 0. The molecule has 0 aliphatic rings. The molecule has 0 fully saturated rings. The second-order valence-corrected chi connectivity index (χ2v) is 1.90. The van der Waals surface area contributed by atoms with Gasteiger partial charge < -0.3 is 15.1 Å². The van der Waals surface area contributed by atoms with Gasteiger partial charge in [0.2, 0.25) is 0 Å². The van der Waals surface area contributed by atoms with E-state index >= 15 is 0 Å². The molecule has 0 heterocycles. The minimum absolute atomic E-state index is 0. The van der Waals surface area contributed by atoms with E-state index in [9.17, 15) is 0 Å². The predicted octanol–water partition coefficient (Wildman–Crippen LogP) is -10.6. The third kappa shape index (κ3) is 23.3. The summed E-state index contributed by atoms with van der Waals surface area (Å²) in [7, 11) is -2.92. The molecule has 0 radical (unpaired) electrons. The number of rotatable bonds is 1. The largest absolute Gasteiger partial charge is 1.00 e. The van der Waals surface area contributed by atoms with Crippen LogP contribution in [0.15, 0.2) is 36.9 Å². The van der Waals surface area contributed by atoms with Crippen molar-refractivity contribution < 1.29 is 169 Å². The molecule has 0 atom stereocenters. The summed E-state index contributed by atoms with van der Waals surface area (Å²) in [5.74, 6) is 0. The van der Waals surface area contributed by atoms with Gasteiger partial charge in [0, 0.05) is 0 Å². The van der Waals surface area contributed by atoms with Crippen LogP contribution in [0.3, 0.4) is 0 Å². The Morgan fingerprint density at radius 1 is 0.933 bits per heavy atom. The number of hydrogen-bond acceptors (Lipinski definition) is 3. The minimum Gasteiger partial charge on any atom is -0.907 e. The van der Waals surface area contributed by atoms with Crippen molar-refractivity contribution in [1.82, 2.24) is 0 Å². The maximum absolute atomic E-state index is 8.42. The maximum Gasteiger partial charge on any atom is 1.00 e. The molecule has 0 bridgehead atoms. The van der Waals surface area contributed by atoms with E-state index in [1.807, 2.05) is 36.4 Å². The fourth-order valence-corrected chi connectivity index (χ4v) is 0.589. The zero-order valence-electron chi connectivity index (χ0n) is 9.47. The summed E-state index contributed by atoms with van der Waals surface area (Å²) in [5.41, 5.74) is 1.17. The van der Waals surface area contributed by atoms with E-state index in [1.165, 1.54) is 5.56 Å². The molecule has 0 saturated carbocycles. The monoisotopic (exact) mass is 280 g/mol. The molecule has 0 aliphatic heterocycles. The van der Waals surface area contributed by atoms with Gasteiger partial charge in [-0.15, -0.1) is 0 Å². The Labute approximate surface area is 219 Å². The van der Waals surface area contributed by atoms with E-state index in [0.29, 0.717) is 0 Å². The molecule has 15 heavy (non-hydrogen) atoms. The standard InChI is InChI=1S/C8H8.BO3.3K/c1-2-8-6-4-3-5-7-8;2-1(3)4;;;/h2-7H,1H2;;;;/q;-3;3*+1. The molecule has 3 nitrogen and oxygen atoms in total. The Bertz CT molecular complexity index is 219. The van der Waals surface area contributed by atoms with Gasteiger partial charge in [-0.1, -0.05) is 43.0 Å². The Hall–Kier alpha value is 3.81. The van der Waals surface area contributed by atoms with Gasteiger partial charge >= 0.3 is 154 Å². The SMILES string of the molecule is C=Cc1ccccc1.[K+].[K+].[K+].[O-]B([O-])[O-]. The Kier molecular flexibility index (Phi) is 36.5. The summed E-state index contributed by atoms with van der Waals surface area (Å²) in [6.45, 7) is 3.63. The summed E-state index contributed by atoms with van der Waals surface area (Å²) >= 11 is 0. The number of benzene rings is 1. The van der Waals surface area contributed by atoms with E-state index < -0.39 is 7.32 Å². The molecule has 0 amide bonds. The van der Waals surface area contributed by atoms with Gasteiger partial charge in [-0.3, -0.25) is 7.32 Å². The molecule has 0 aromatic heterocycles. The van der Waals surface area contributed by atoms with Gasteiger partial charge in [-0.2, -0.15) is 0 Å². The van der Waals surface area contributed by atoms with Crippen molar-refractivity contribution in [3.8, 4) is 0 Å². The van der Waals surface area contributed by atoms with Crippen LogP contribution in [0, 0.1) is 0 Å². The van der Waals surface area contributed by atoms with Crippen molar-refractivity contribution in [2.75, 3.05) is 0 Å². The third-order valence-corrected chi connectivity index (χ3v) is 1.04. The van der Waals surface area contributed by atoms with E-state index in [2.05, 4.69) is 6.58 Å². The molecular weight excluding hydrogens is 272 g/mol. The maximum atomic E-state index is 8.42. The van der Waals surface area contributed by atoms with Crippen molar-refractivity contribution in [3.63, 3.8) is 0 Å². The Morgan fingerprint density at radius 3 is 1.47 bits per heavy atom. The van der Waals surface area contributed by atoms with Crippen LogP contribution >= 0.6 is 0 Å². The topological polar surface area (TPSA) is 69.2 Å². The van der Waals surface area contributed by atoms with Crippen LogP contribution in [0.5, 0.6) is 0 Å². The van der Waals surface area contributed by atoms with Crippen molar-refractivity contribution in [3.05, 3.63) is 42.5 Å². The van der Waals surface area contributed by atoms with E-state index in [4.69, 9.17) is 15.1 Å². The summed E-state index contributed by atoms with van der Waals surface area (Å²) in [6, 6.07) is 10.0. The summed E-state index contributed by atoms with van der Waals surface area (Å²) in [5, 5.41) is 25.2. The molecule has 1 aromatic carbocycles. The summed E-state index contributed by atoms with van der Waals surface area (Å²) in [6.07, 6.45) is 1.83. The fraction of sp³-hybridized carbons (Fsp3) is 0. The first-order chi connectivity index (χ1) is 5.66. The quantitative estimate of drug-likeness (QED) is 0.480. The Balaban J connectivity index is -0.0000000779. The van der Waals surface area contributed by atoms with Crippen molar-refractivity contribution in [1.29, 1.82) is 0 Å². The zero-order valence-corrected chi connectivity index (χ0v) is 18.8. The Morgan fingerprint density at radius 2 is 1.27 bits per heavy atom. The average Bonchev–Trinajstić information content (AvgIpc) is 2.05. The van der Waals surface area contributed by atoms with E-state index in [-0.39, 0.29) is 154 Å². The van der Waals surface area contributed by atoms with Gasteiger partial charge in [0.1, 0.15) is 0 Å². The molecule has 0 N–H and O–H groups in total. The van der Waals surface area contributed by atoms with Crippen LogP contribution in [0.4, 0.5) is 0 Å². The fourth-order valence-electron chi connectivity index (χ4n) is 0.589. The zero-order chi connectivity index (χ0) is 9.40. The first-order valence-corrected chi connectivity index (χ1v) is 3.31. The van der Waals surface area contributed by atoms with Gasteiger partial charge in [0.15, 0.2) is 0 Å². The van der Waals surface area contributed by atoms with Crippen LogP contribution in [-0.4, -0.2) is 7.32 Å². The normalized spacial score (nSPS) is 6.33. The first-order valence-electron chi connectivity index (χ1n) is 3.31. The second kappa shape index (κ2) is 20.1. The third-order valence-electron chi connectivity index (χ3n) is 1.04. The molecule has 7 heteroatoms.